The Labute approximate surface area is 181 Å². The summed E-state index contributed by atoms with van der Waals surface area (Å²) in [5.74, 6) is 2.41. The molecule has 0 spiro atoms. The third-order valence-electron chi connectivity index (χ3n) is 7.46. The molecule has 0 saturated heterocycles. The Kier molecular flexibility index (Phi) is 4.07. The highest BCUT2D eigenvalue weighted by Gasteiger charge is 2.60. The summed E-state index contributed by atoms with van der Waals surface area (Å²) in [6.45, 7) is 1.91. The van der Waals surface area contributed by atoms with E-state index in [2.05, 4.69) is 20.5 Å². The molecular weight excluding hydrogens is 388 g/mol. The van der Waals surface area contributed by atoms with Gasteiger partial charge in [-0.2, -0.15) is 0 Å². The van der Waals surface area contributed by atoms with Crippen molar-refractivity contribution in [3.63, 3.8) is 0 Å². The van der Waals surface area contributed by atoms with Crippen LogP contribution in [0.1, 0.15) is 60.6 Å². The number of rotatable bonds is 4. The largest absolute Gasteiger partial charge is 0.420 e. The molecule has 1 N–H and O–H groups in total. The number of nitrogens with zero attached hydrogens (tertiary/aromatic N) is 3. The van der Waals surface area contributed by atoms with Crippen LogP contribution < -0.4 is 5.32 Å². The fourth-order valence-corrected chi connectivity index (χ4v) is 6.77. The molecule has 6 heteroatoms. The second kappa shape index (κ2) is 6.74. The monoisotopic (exact) mass is 414 g/mol. The molecule has 2 atom stereocenters. The minimum Gasteiger partial charge on any atom is -0.420 e. The van der Waals surface area contributed by atoms with E-state index in [1.54, 1.807) is 6.07 Å². The minimum absolute atomic E-state index is 0.0729. The fourth-order valence-electron chi connectivity index (χ4n) is 6.77. The predicted octanol–water partition coefficient (Wildman–Crippen LogP) is 4.46. The van der Waals surface area contributed by atoms with Crippen LogP contribution in [0, 0.1) is 18.8 Å². The summed E-state index contributed by atoms with van der Waals surface area (Å²) in [7, 11) is 0. The van der Waals surface area contributed by atoms with Gasteiger partial charge < -0.3 is 9.73 Å². The first kappa shape index (κ1) is 18.7. The Morgan fingerprint density at radius 1 is 1.00 bits per heavy atom. The maximum atomic E-state index is 13.1. The van der Waals surface area contributed by atoms with Crippen molar-refractivity contribution in [2.24, 2.45) is 11.8 Å². The van der Waals surface area contributed by atoms with Gasteiger partial charge in [-0.3, -0.25) is 4.79 Å². The van der Waals surface area contributed by atoms with Gasteiger partial charge in [-0.1, -0.05) is 24.3 Å². The third-order valence-corrected chi connectivity index (χ3v) is 7.46. The summed E-state index contributed by atoms with van der Waals surface area (Å²) >= 11 is 0. The Balaban J connectivity index is 1.31. The van der Waals surface area contributed by atoms with E-state index in [4.69, 9.17) is 4.42 Å². The summed E-state index contributed by atoms with van der Waals surface area (Å²) in [5.41, 5.74) is 1.94. The lowest BCUT2D eigenvalue weighted by atomic mass is 9.46. The SMILES string of the molecule is Cc1cccc(C(=O)NC23CC4CC(C2)CC(c2nnc(-c5ccccc5)o2)(C4)C3)n1. The molecule has 7 rings (SSSR count). The molecular formula is C25H26N4O2. The topological polar surface area (TPSA) is 80.9 Å². The number of aryl methyl sites for hydroxylation is 1. The van der Waals surface area contributed by atoms with Gasteiger partial charge in [0.2, 0.25) is 11.8 Å². The third kappa shape index (κ3) is 3.16. The van der Waals surface area contributed by atoms with Crippen LogP contribution in [0.3, 0.4) is 0 Å². The van der Waals surface area contributed by atoms with Crippen molar-refractivity contribution in [2.75, 3.05) is 0 Å². The number of hydrogen-bond donors (Lipinski definition) is 1. The van der Waals surface area contributed by atoms with Gasteiger partial charge in [0.1, 0.15) is 5.69 Å². The van der Waals surface area contributed by atoms with E-state index in [1.807, 2.05) is 49.4 Å². The summed E-state index contributed by atoms with van der Waals surface area (Å²) in [4.78, 5) is 17.5. The molecule has 4 bridgehead atoms. The van der Waals surface area contributed by atoms with Crippen LogP contribution in [-0.2, 0) is 5.41 Å². The second-order valence-corrected chi connectivity index (χ2v) is 9.92. The van der Waals surface area contributed by atoms with Gasteiger partial charge in [0, 0.05) is 16.8 Å². The number of carbonyl (C=O) groups excluding carboxylic acids is 1. The number of hydrogen-bond acceptors (Lipinski definition) is 5. The van der Waals surface area contributed by atoms with E-state index >= 15 is 0 Å². The summed E-state index contributed by atoms with van der Waals surface area (Å²) < 4.78 is 6.26. The highest BCUT2D eigenvalue weighted by molar-refractivity contribution is 5.92. The van der Waals surface area contributed by atoms with E-state index in [-0.39, 0.29) is 16.9 Å². The van der Waals surface area contributed by atoms with Crippen molar-refractivity contribution in [3.8, 4) is 11.5 Å². The van der Waals surface area contributed by atoms with Crippen molar-refractivity contribution in [1.82, 2.24) is 20.5 Å². The quantitative estimate of drug-likeness (QED) is 0.682. The van der Waals surface area contributed by atoms with Crippen LogP contribution in [-0.4, -0.2) is 26.6 Å². The lowest BCUT2D eigenvalue weighted by Gasteiger charge is -2.60. The van der Waals surface area contributed by atoms with E-state index < -0.39 is 0 Å². The van der Waals surface area contributed by atoms with E-state index in [0.717, 1.165) is 49.3 Å². The number of carbonyl (C=O) groups is 1. The molecule has 4 aliphatic carbocycles. The standard InChI is InChI=1S/C25H26N4O2/c1-16-6-5-9-20(26-16)21(30)27-25-13-17-10-18(14-25)12-24(11-17,15-25)23-29-28-22(31-23)19-7-3-2-4-8-19/h2-9,17-18H,10-15H2,1H3,(H,27,30). The first-order valence-corrected chi connectivity index (χ1v) is 11.2. The summed E-state index contributed by atoms with van der Waals surface area (Å²) in [6, 6.07) is 15.5. The highest BCUT2D eigenvalue weighted by atomic mass is 16.4. The normalized spacial score (nSPS) is 31.0. The van der Waals surface area contributed by atoms with Crippen LogP contribution in [0.15, 0.2) is 52.9 Å². The van der Waals surface area contributed by atoms with Gasteiger partial charge in [0.15, 0.2) is 0 Å². The van der Waals surface area contributed by atoms with Gasteiger partial charge >= 0.3 is 0 Å². The molecule has 1 aromatic carbocycles. The van der Waals surface area contributed by atoms with Gasteiger partial charge in [-0.15, -0.1) is 10.2 Å². The zero-order valence-corrected chi connectivity index (χ0v) is 17.7. The molecule has 3 aromatic rings. The van der Waals surface area contributed by atoms with Crippen molar-refractivity contribution in [2.45, 2.75) is 56.4 Å². The average Bonchev–Trinajstić information content (AvgIpc) is 3.24. The molecule has 2 unspecified atom stereocenters. The molecule has 4 aliphatic rings. The van der Waals surface area contributed by atoms with Gasteiger partial charge in [-0.05, 0) is 81.5 Å². The number of benzene rings is 1. The minimum atomic E-state index is -0.214. The van der Waals surface area contributed by atoms with Crippen molar-refractivity contribution < 1.29 is 9.21 Å². The molecule has 2 heterocycles. The van der Waals surface area contributed by atoms with Gasteiger partial charge in [0.05, 0.1) is 5.41 Å². The maximum Gasteiger partial charge on any atom is 0.270 e. The molecule has 4 fully saturated rings. The predicted molar refractivity (Wildman–Crippen MR) is 115 cm³/mol. The van der Waals surface area contributed by atoms with Crippen LogP contribution in [0.4, 0.5) is 0 Å². The van der Waals surface area contributed by atoms with Crippen LogP contribution >= 0.6 is 0 Å². The number of aromatic nitrogens is 3. The Hall–Kier alpha value is -3.02. The molecule has 4 saturated carbocycles. The van der Waals surface area contributed by atoms with Crippen LogP contribution in [0.25, 0.3) is 11.5 Å². The molecule has 0 radical (unpaired) electrons. The molecule has 1 amide bonds. The number of pyridine rings is 1. The zero-order valence-electron chi connectivity index (χ0n) is 17.7. The maximum absolute atomic E-state index is 13.1. The molecule has 158 valence electrons. The zero-order chi connectivity index (χ0) is 21.1. The summed E-state index contributed by atoms with van der Waals surface area (Å²) in [5, 5.41) is 12.3. The van der Waals surface area contributed by atoms with Crippen molar-refractivity contribution in [1.29, 1.82) is 0 Å². The smallest absolute Gasteiger partial charge is 0.270 e. The van der Waals surface area contributed by atoms with E-state index in [0.29, 0.717) is 23.4 Å². The highest BCUT2D eigenvalue weighted by Crippen LogP contribution is 2.62. The molecule has 0 aliphatic heterocycles. The second-order valence-electron chi connectivity index (χ2n) is 9.92. The van der Waals surface area contributed by atoms with Crippen LogP contribution in [0.5, 0.6) is 0 Å². The van der Waals surface area contributed by atoms with Gasteiger partial charge in [-0.25, -0.2) is 4.98 Å². The van der Waals surface area contributed by atoms with E-state index in [1.165, 1.54) is 6.42 Å². The first-order chi connectivity index (χ1) is 15.0. The fraction of sp³-hybridized carbons (Fsp3) is 0.440. The Morgan fingerprint density at radius 3 is 2.52 bits per heavy atom. The lowest BCUT2D eigenvalue weighted by molar-refractivity contribution is -0.0471. The molecule has 6 nitrogen and oxygen atoms in total. The van der Waals surface area contributed by atoms with Crippen LogP contribution in [0.2, 0.25) is 0 Å². The van der Waals surface area contributed by atoms with Gasteiger partial charge in [0.25, 0.3) is 5.91 Å². The van der Waals surface area contributed by atoms with Crippen molar-refractivity contribution in [3.05, 3.63) is 65.8 Å². The Morgan fingerprint density at radius 2 is 1.77 bits per heavy atom. The number of amides is 1. The average molecular weight is 415 g/mol. The van der Waals surface area contributed by atoms with E-state index in [9.17, 15) is 4.79 Å². The number of nitrogens with one attached hydrogen (secondary N) is 1. The van der Waals surface area contributed by atoms with Crippen molar-refractivity contribution >= 4 is 5.91 Å². The Bertz CT molecular complexity index is 1130. The summed E-state index contributed by atoms with van der Waals surface area (Å²) in [6.07, 6.45) is 6.30. The molecule has 31 heavy (non-hydrogen) atoms. The first-order valence-electron chi connectivity index (χ1n) is 11.2. The lowest BCUT2D eigenvalue weighted by Crippen LogP contribution is -2.64. The molecule has 2 aromatic heterocycles.